The van der Waals surface area contributed by atoms with Crippen molar-refractivity contribution >= 4 is 86.8 Å². The summed E-state index contributed by atoms with van der Waals surface area (Å²) in [7, 11) is 0.258. The molecule has 8 amide bonds. The number of nitrogens with zero attached hydrogens (tertiary/aromatic N) is 5. The van der Waals surface area contributed by atoms with Crippen LogP contribution < -0.4 is 60.6 Å². The molecule has 1 unspecified atom stereocenters. The minimum absolute atomic E-state index is 0.00498. The summed E-state index contributed by atoms with van der Waals surface area (Å²) in [5.74, 6) is -7.63. The smallest absolute Gasteiger partial charge is 0.404 e. The molecule has 19 atom stereocenters. The second-order valence-electron chi connectivity index (χ2n) is 22.8. The molecule has 4 aromatic heterocycles. The number of hydrogen-bond acceptors (Lipinski definition) is 31. The monoisotopic (exact) mass is 1410 g/mol. The maximum atomic E-state index is 15.2. The van der Waals surface area contributed by atoms with E-state index in [0.29, 0.717) is 27.1 Å². The molecule has 0 spiro atoms. The van der Waals surface area contributed by atoms with Gasteiger partial charge in [-0.05, 0) is 31.7 Å². The molecule has 4 aromatic rings. The minimum Gasteiger partial charge on any atom is -0.441 e. The number of aromatic nitrogens is 6. The van der Waals surface area contributed by atoms with Crippen molar-refractivity contribution in [1.29, 1.82) is 0 Å². The van der Waals surface area contributed by atoms with Gasteiger partial charge in [0.15, 0.2) is 18.7 Å². The van der Waals surface area contributed by atoms with E-state index in [4.69, 9.17) is 52.4 Å². The SMILES string of the molecule is Cc1c(N)nc([C@H](CC(N)=O)NC[C@H](N)C(N)=O)nc1C(=O)N[C@@H](C(=O)N[C@H](C)[C@@H](O)[C@H](C)C(=O)N[C@@H](C(=O)NCCc1nc(-c2ncc(C(=O)NCCC[S+](C)C)s2)cs1)[C@@H](C)O)C(O[C@@H]1O[C@@H](CO)[C@@H](O)[C@H](O)[C@@H]1O[C@@H]1O[C@H](CO)[C@@H](O)[C@@H](OC(N)=O)[C@@H]1O)c1cnc[nH]1. The first-order valence-corrected chi connectivity index (χ1v) is 33.8. The van der Waals surface area contributed by atoms with Crippen molar-refractivity contribution in [2.45, 2.75) is 157 Å². The van der Waals surface area contributed by atoms with E-state index in [2.05, 4.69) is 74.3 Å². The summed E-state index contributed by atoms with van der Waals surface area (Å²) in [5, 5.41) is 107. The number of aliphatic hydroxyl groups excluding tert-OH is 8. The fourth-order valence-corrected chi connectivity index (χ4v) is 12.2. The summed E-state index contributed by atoms with van der Waals surface area (Å²) in [6.07, 6.45) is -18.5. The van der Waals surface area contributed by atoms with Crippen LogP contribution >= 0.6 is 22.7 Å². The molecular weight excluding hydrogens is 1330 g/mol. The topological polar surface area (TPSA) is 627 Å². The van der Waals surface area contributed by atoms with E-state index >= 15 is 4.79 Å². The van der Waals surface area contributed by atoms with Gasteiger partial charge in [-0.15, -0.1) is 22.7 Å². The number of anilines is 1. The third-order valence-electron chi connectivity index (χ3n) is 15.3. The van der Waals surface area contributed by atoms with Gasteiger partial charge in [-0.1, -0.05) is 6.92 Å². The van der Waals surface area contributed by atoms with E-state index in [1.54, 1.807) is 5.38 Å². The van der Waals surface area contributed by atoms with Crippen LogP contribution in [0, 0.1) is 12.8 Å². The number of nitrogens with two attached hydrogens (primary N) is 5. The van der Waals surface area contributed by atoms with Crippen LogP contribution in [0.2, 0.25) is 0 Å². The Labute approximate surface area is 559 Å². The molecule has 0 aromatic carbocycles. The number of aromatic amines is 1. The van der Waals surface area contributed by atoms with E-state index < -0.39 is 183 Å². The number of nitrogen functional groups attached to an aromatic ring is 1. The molecule has 0 radical (unpaired) electrons. The first-order chi connectivity index (χ1) is 45.3. The lowest BCUT2D eigenvalue weighted by molar-refractivity contribution is -0.372. The van der Waals surface area contributed by atoms with Crippen molar-refractivity contribution in [2.24, 2.45) is 28.9 Å². The van der Waals surface area contributed by atoms with E-state index in [1.165, 1.54) is 56.6 Å². The van der Waals surface area contributed by atoms with Gasteiger partial charge in [0.2, 0.25) is 29.5 Å². The standard InChI is InChI=1S/C55H83N17O21S3/c1-20-33(69-46(72-44(20)58)25(12-31(57)76)64-13-24(56)45(59)82)50(86)71-35(41(26-14-61-19-66-26)91-54-43(39(80)37(78)28(16-73)90-54)92-53-40(81)42(93-55(60)88)38(79)29(17-74)89-53)51(87)67-22(3)36(77)21(2)47(83)70-34(23(4)75)49(85)63-10-8-32-68-27(18-94-32)52-65-15-30(95-52)48(84)62-9-7-11-96(5)6/h14-15,18-19,21-25,28-29,34-43,53-54,64,73-75,77-81H,7-13,16-17,56H2,1-6H3,(H13-,57,58,59,60,61,62,63,66,67,69,70,71,72,76,82,83,84,85,86,87,88)/p+1/t21-,22+,23+,24-,25-,28-,29+,34+,35+,36-,37+,38+,39-,40-,41?,42+,43-,53-,54-/m0/s1. The molecule has 2 saturated heterocycles. The predicted octanol–water partition coefficient (Wildman–Crippen LogP) is -7.70. The average molecular weight is 1420 g/mol. The Kier molecular flexibility index (Phi) is 29.0. The lowest BCUT2D eigenvalue weighted by Crippen LogP contribution is -2.65. The Bertz CT molecular complexity index is 3280. The van der Waals surface area contributed by atoms with Crippen LogP contribution in [0.15, 0.2) is 24.1 Å². The summed E-state index contributed by atoms with van der Waals surface area (Å²) >= 11 is 2.46. The quantitative estimate of drug-likeness (QED) is 0.0150. The van der Waals surface area contributed by atoms with Gasteiger partial charge in [0.05, 0.1) is 91.4 Å². The highest BCUT2D eigenvalue weighted by atomic mass is 32.2. The Morgan fingerprint density at radius 3 is 2.11 bits per heavy atom. The number of amides is 8. The number of nitrogens with one attached hydrogen (secondary N) is 7. The molecule has 25 N–H and O–H groups in total. The fraction of sp³-hybridized carbons (Fsp3) is 0.618. The Morgan fingerprint density at radius 2 is 1.49 bits per heavy atom. The Morgan fingerprint density at radius 1 is 0.802 bits per heavy atom. The average Bonchev–Trinajstić information content (AvgIpc) is 1.02. The molecule has 6 heterocycles. The molecule has 0 bridgehead atoms. The zero-order valence-corrected chi connectivity index (χ0v) is 55.3. The van der Waals surface area contributed by atoms with Crippen molar-refractivity contribution in [3.63, 3.8) is 0 Å². The summed E-state index contributed by atoms with van der Waals surface area (Å²) in [5.41, 5.74) is 27.8. The van der Waals surface area contributed by atoms with Crippen LogP contribution in [-0.2, 0) is 65.0 Å². The largest absolute Gasteiger partial charge is 0.441 e. The zero-order valence-electron chi connectivity index (χ0n) is 52.9. The number of carbonyl (C=O) groups excluding carboxylic acids is 8. The van der Waals surface area contributed by atoms with Crippen molar-refractivity contribution < 1.29 is 103 Å². The number of carbonyl (C=O) groups is 8. The Hall–Kier alpha value is -7.30. The molecular formula is C55H84N17O21S3+. The first kappa shape index (κ1) is 77.7. The van der Waals surface area contributed by atoms with Crippen molar-refractivity contribution in [3.8, 4) is 10.7 Å². The third kappa shape index (κ3) is 20.6. The summed E-state index contributed by atoms with van der Waals surface area (Å²) in [6, 6.07) is -7.85. The second-order valence-corrected chi connectivity index (χ2v) is 27.2. The van der Waals surface area contributed by atoms with Crippen LogP contribution in [0.1, 0.15) is 88.0 Å². The number of hydrogen-bond donors (Lipinski definition) is 20. The molecule has 96 heavy (non-hydrogen) atoms. The zero-order chi connectivity index (χ0) is 71.0. The lowest BCUT2D eigenvalue weighted by atomic mass is 9.96. The Balaban J connectivity index is 1.26. The number of aliphatic hydroxyl groups is 8. The van der Waals surface area contributed by atoms with Crippen LogP contribution in [0.25, 0.3) is 10.7 Å². The second kappa shape index (κ2) is 35.8. The molecule has 0 aliphatic carbocycles. The molecule has 6 rings (SSSR count). The maximum absolute atomic E-state index is 15.2. The van der Waals surface area contributed by atoms with Gasteiger partial charge in [-0.25, -0.2) is 29.7 Å². The van der Waals surface area contributed by atoms with Gasteiger partial charge < -0.3 is 130 Å². The van der Waals surface area contributed by atoms with Gasteiger partial charge in [0, 0.05) is 49.8 Å². The molecule has 0 saturated carbocycles. The predicted molar refractivity (Wildman–Crippen MR) is 339 cm³/mol. The number of rotatable bonds is 35. The molecule has 2 fully saturated rings. The van der Waals surface area contributed by atoms with Crippen LogP contribution in [0.5, 0.6) is 0 Å². The van der Waals surface area contributed by atoms with Crippen LogP contribution in [0.3, 0.4) is 0 Å². The third-order valence-corrected chi connectivity index (χ3v) is 18.3. The number of thiazole rings is 2. The van der Waals surface area contributed by atoms with Crippen molar-refractivity contribution in [1.82, 2.24) is 61.8 Å². The van der Waals surface area contributed by atoms with E-state index in [1.807, 2.05) is 0 Å². The molecule has 41 heteroatoms. The van der Waals surface area contributed by atoms with Gasteiger partial charge in [0.1, 0.15) is 99.6 Å². The number of H-pyrrole nitrogens is 1. The van der Waals surface area contributed by atoms with Crippen LogP contribution in [0.4, 0.5) is 10.6 Å². The van der Waals surface area contributed by atoms with Crippen molar-refractivity contribution in [2.75, 3.05) is 56.8 Å². The summed E-state index contributed by atoms with van der Waals surface area (Å²) < 4.78 is 28.7. The highest BCUT2D eigenvalue weighted by Crippen LogP contribution is 2.35. The molecule has 38 nitrogen and oxygen atoms in total. The molecule has 2 aliphatic rings. The van der Waals surface area contributed by atoms with Crippen LogP contribution in [-0.4, -0.2) is 267 Å². The number of ether oxygens (including phenoxy) is 5. The fourth-order valence-electron chi connectivity index (χ4n) is 9.80. The summed E-state index contributed by atoms with van der Waals surface area (Å²) in [6.45, 7) is 3.19. The van der Waals surface area contributed by atoms with E-state index in [0.717, 1.165) is 24.7 Å². The normalized spacial score (nSPS) is 24.0. The lowest BCUT2D eigenvalue weighted by Gasteiger charge is -2.47. The van der Waals surface area contributed by atoms with Gasteiger partial charge in [0.25, 0.3) is 11.8 Å². The van der Waals surface area contributed by atoms with E-state index in [9.17, 15) is 74.4 Å². The van der Waals surface area contributed by atoms with Gasteiger partial charge >= 0.3 is 6.09 Å². The number of primary amides is 3. The molecule has 532 valence electrons. The van der Waals surface area contributed by atoms with E-state index in [-0.39, 0.29) is 59.2 Å². The van der Waals surface area contributed by atoms with Crippen molar-refractivity contribution in [3.05, 3.63) is 56.8 Å². The number of imidazole rings is 1. The molecule has 2 aliphatic heterocycles. The van der Waals surface area contributed by atoms with Gasteiger partial charge in [-0.3, -0.25) is 33.6 Å². The first-order valence-electron chi connectivity index (χ1n) is 29.8. The van der Waals surface area contributed by atoms with Gasteiger partial charge in [-0.2, -0.15) is 0 Å². The highest BCUT2D eigenvalue weighted by molar-refractivity contribution is 7.95. The maximum Gasteiger partial charge on any atom is 0.404 e. The minimum atomic E-state index is -2.20. The summed E-state index contributed by atoms with van der Waals surface area (Å²) in [4.78, 5) is 131. The highest BCUT2D eigenvalue weighted by Gasteiger charge is 2.54.